The van der Waals surface area contributed by atoms with E-state index in [9.17, 15) is 61.3 Å². The second-order valence-electron chi connectivity index (χ2n) is 21.5. The number of aliphatic hydroxyl groups excluding tert-OH is 11. The van der Waals surface area contributed by atoms with Crippen LogP contribution in [0.2, 0.25) is 0 Å². The molecule has 8 rings (SSSR count). The molecule has 0 aromatic heterocycles. The molecule has 370 valence electrons. The highest BCUT2D eigenvalue weighted by atomic mass is 16.7. The van der Waals surface area contributed by atoms with E-state index in [0.717, 1.165) is 51.4 Å². The minimum Gasteiger partial charge on any atom is -0.394 e. The van der Waals surface area contributed by atoms with Gasteiger partial charge in [0, 0.05) is 12.3 Å². The van der Waals surface area contributed by atoms with Gasteiger partial charge in [0.15, 0.2) is 24.7 Å². The number of fused-ring (bicyclic) bond motifs is 7. The quantitative estimate of drug-likeness (QED) is 0.0909. The largest absolute Gasteiger partial charge is 0.394 e. The third-order valence-corrected chi connectivity index (χ3v) is 18.0. The Balaban J connectivity index is 0.836. The van der Waals surface area contributed by atoms with Gasteiger partial charge in [-0.2, -0.15) is 0 Å². The van der Waals surface area contributed by atoms with Crippen molar-refractivity contribution in [2.24, 2.45) is 52.3 Å². The highest BCUT2D eigenvalue weighted by molar-refractivity contribution is 5.15. The van der Waals surface area contributed by atoms with Gasteiger partial charge in [0.05, 0.1) is 38.6 Å². The summed E-state index contributed by atoms with van der Waals surface area (Å²) in [7, 11) is 0. The number of hydrogen-bond acceptors (Lipinski definition) is 19. The summed E-state index contributed by atoms with van der Waals surface area (Å²) in [6.45, 7) is 7.28. The number of rotatable bonds is 13. The van der Waals surface area contributed by atoms with Gasteiger partial charge in [0.2, 0.25) is 0 Å². The molecular formula is C45H76O19. The lowest BCUT2D eigenvalue weighted by Crippen LogP contribution is -2.65. The molecule has 4 aliphatic heterocycles. The van der Waals surface area contributed by atoms with Gasteiger partial charge in [0.25, 0.3) is 0 Å². The van der Waals surface area contributed by atoms with E-state index in [1.54, 1.807) is 0 Å². The fraction of sp³-hybridized carbons (Fsp3) is 1.00. The van der Waals surface area contributed by atoms with Crippen LogP contribution in [0.3, 0.4) is 0 Å². The maximum absolute atomic E-state index is 12.0. The van der Waals surface area contributed by atoms with Crippen LogP contribution in [0.1, 0.15) is 91.9 Å². The highest BCUT2D eigenvalue weighted by Crippen LogP contribution is 2.71. The highest BCUT2D eigenvalue weighted by Gasteiger charge is 2.68. The maximum atomic E-state index is 12.0. The Bertz CT molecular complexity index is 1560. The van der Waals surface area contributed by atoms with Crippen molar-refractivity contribution in [3.8, 4) is 0 Å². The predicted molar refractivity (Wildman–Crippen MR) is 219 cm³/mol. The average Bonchev–Trinajstić information content (AvgIpc) is 3.72. The molecule has 8 aliphatic rings. The van der Waals surface area contributed by atoms with Gasteiger partial charge in [-0.3, -0.25) is 0 Å². The molecule has 64 heavy (non-hydrogen) atoms. The van der Waals surface area contributed by atoms with E-state index >= 15 is 0 Å². The zero-order chi connectivity index (χ0) is 46.2. The maximum Gasteiger partial charge on any atom is 0.187 e. The molecule has 4 saturated carbocycles. The van der Waals surface area contributed by atoms with E-state index < -0.39 is 118 Å². The molecule has 0 aromatic carbocycles. The molecule has 0 unspecified atom stereocenters. The number of aliphatic hydroxyl groups is 12. The first-order valence-electron chi connectivity index (χ1n) is 23.9. The topological polar surface area (TPSA) is 307 Å². The van der Waals surface area contributed by atoms with Gasteiger partial charge in [-0.15, -0.1) is 0 Å². The Morgan fingerprint density at radius 3 is 1.86 bits per heavy atom. The molecule has 12 N–H and O–H groups in total. The minimum absolute atomic E-state index is 0.0139. The summed E-state index contributed by atoms with van der Waals surface area (Å²) in [6, 6.07) is 0. The van der Waals surface area contributed by atoms with Crippen LogP contribution < -0.4 is 0 Å². The molecular weight excluding hydrogens is 844 g/mol. The zero-order valence-corrected chi connectivity index (χ0v) is 37.5. The molecule has 19 heteroatoms. The van der Waals surface area contributed by atoms with Gasteiger partial charge in [-0.05, 0) is 104 Å². The van der Waals surface area contributed by atoms with Crippen LogP contribution in [0.5, 0.6) is 0 Å². The van der Waals surface area contributed by atoms with Crippen molar-refractivity contribution in [1.82, 2.24) is 0 Å². The molecule has 4 heterocycles. The summed E-state index contributed by atoms with van der Waals surface area (Å²) in [5.41, 5.74) is 0.0896. The standard InChI is InChI=1S/C45H76O19/c1-19(18-58-40-36(54)33(51)31(49)27(15-46)60-40)7-12-45(57)20(2)30-26(64-45)14-25-23-6-5-21-13-22(8-10-43(21,3)24(23)9-11-44(25,30)4)59-41-38(56)35(53)39(29(17-48)62-41)63-42-37(55)34(52)32(50)28(16-47)61-42/h19-42,46-57H,5-18H2,1-4H3/t19-,20+,21+,22+,23-,24+,25+,26+,27-,28-,29-,30+,31-,32-,33+,34+,35-,36-,37-,38-,39+,40-,41-,42+,43+,44+,45-/m1/s1. The van der Waals surface area contributed by atoms with Crippen LogP contribution in [0.4, 0.5) is 0 Å². The molecule has 4 aliphatic carbocycles. The Labute approximate surface area is 374 Å². The van der Waals surface area contributed by atoms with Crippen molar-refractivity contribution in [1.29, 1.82) is 0 Å². The summed E-state index contributed by atoms with van der Waals surface area (Å²) in [5.74, 6) is 0.654. The lowest BCUT2D eigenvalue weighted by atomic mass is 9.44. The van der Waals surface area contributed by atoms with Crippen LogP contribution in [-0.4, -0.2) is 198 Å². The first kappa shape index (κ1) is 49.7. The summed E-state index contributed by atoms with van der Waals surface area (Å²) >= 11 is 0. The molecule has 27 atom stereocenters. The number of hydrogen-bond donors (Lipinski definition) is 12. The van der Waals surface area contributed by atoms with Crippen molar-refractivity contribution in [3.05, 3.63) is 0 Å². The Hall–Kier alpha value is -0.760. The van der Waals surface area contributed by atoms with E-state index in [1.165, 1.54) is 0 Å². The molecule has 0 aromatic rings. The fourth-order valence-electron chi connectivity index (χ4n) is 14.2. The van der Waals surface area contributed by atoms with Gasteiger partial charge < -0.3 is 94.4 Å². The van der Waals surface area contributed by atoms with Crippen molar-refractivity contribution in [2.75, 3.05) is 26.4 Å². The van der Waals surface area contributed by atoms with Crippen LogP contribution >= 0.6 is 0 Å². The van der Waals surface area contributed by atoms with Gasteiger partial charge in [-0.25, -0.2) is 0 Å². The SMILES string of the molecule is C[C@H](CC[C@@]1(O)O[C@H]2C[C@H]3[C@@H]4CC[C@H]5C[C@@H](O[C@@H]6O[C@H](CO)[C@H](O[C@@H]7O[C@H](CO)[C@@H](O)[C@H](O)[C@H]7O)[C@H](O)[C@H]6O)CC[C@]5(C)[C@H]4CC[C@]3(C)[C@H]2[C@@H]1C)CO[C@@H]1O[C@H](CO)[C@@H](O)[C@H](O)[C@H]1O. The van der Waals surface area contributed by atoms with Gasteiger partial charge in [-0.1, -0.05) is 27.7 Å². The van der Waals surface area contributed by atoms with Crippen molar-refractivity contribution in [2.45, 2.75) is 202 Å². The monoisotopic (exact) mass is 920 g/mol. The van der Waals surface area contributed by atoms with E-state index in [4.69, 9.17) is 33.2 Å². The van der Waals surface area contributed by atoms with E-state index in [-0.39, 0.29) is 47.4 Å². The first-order chi connectivity index (χ1) is 30.3. The van der Waals surface area contributed by atoms with Crippen molar-refractivity contribution in [3.63, 3.8) is 0 Å². The summed E-state index contributed by atoms with van der Waals surface area (Å²) in [5, 5.41) is 125. The normalized spacial score (nSPS) is 55.6. The van der Waals surface area contributed by atoms with Crippen LogP contribution in [-0.2, 0) is 33.2 Å². The smallest absolute Gasteiger partial charge is 0.187 e. The molecule has 4 saturated heterocycles. The first-order valence-corrected chi connectivity index (χ1v) is 23.9. The molecule has 0 amide bonds. The molecule has 0 bridgehead atoms. The van der Waals surface area contributed by atoms with Crippen molar-refractivity contribution < 1.29 is 94.4 Å². The zero-order valence-electron chi connectivity index (χ0n) is 37.5. The second kappa shape index (κ2) is 19.2. The van der Waals surface area contributed by atoms with Crippen molar-refractivity contribution >= 4 is 0 Å². The summed E-state index contributed by atoms with van der Waals surface area (Å²) in [6.07, 6.45) is -13.5. The minimum atomic E-state index is -1.75. The lowest BCUT2D eigenvalue weighted by Gasteiger charge is -2.61. The number of ether oxygens (including phenoxy) is 7. The predicted octanol–water partition coefficient (Wildman–Crippen LogP) is -1.78. The Morgan fingerprint density at radius 2 is 1.20 bits per heavy atom. The van der Waals surface area contributed by atoms with Crippen LogP contribution in [0.25, 0.3) is 0 Å². The third kappa shape index (κ3) is 8.65. The Morgan fingerprint density at radius 1 is 0.625 bits per heavy atom. The molecule has 0 spiro atoms. The molecule has 8 fully saturated rings. The molecule has 19 nitrogen and oxygen atoms in total. The molecule has 0 radical (unpaired) electrons. The van der Waals surface area contributed by atoms with E-state index in [0.29, 0.717) is 36.5 Å². The fourth-order valence-corrected chi connectivity index (χ4v) is 14.2. The third-order valence-electron chi connectivity index (χ3n) is 18.0. The second-order valence-corrected chi connectivity index (χ2v) is 21.5. The lowest BCUT2D eigenvalue weighted by molar-refractivity contribution is -0.364. The average molecular weight is 921 g/mol. The van der Waals surface area contributed by atoms with E-state index in [1.807, 2.05) is 6.92 Å². The van der Waals surface area contributed by atoms with Crippen LogP contribution in [0, 0.1) is 52.3 Å². The van der Waals surface area contributed by atoms with E-state index in [2.05, 4.69) is 20.8 Å². The van der Waals surface area contributed by atoms with Crippen LogP contribution in [0.15, 0.2) is 0 Å². The Kier molecular flexibility index (Phi) is 14.9. The summed E-state index contributed by atoms with van der Waals surface area (Å²) < 4.78 is 41.5. The summed E-state index contributed by atoms with van der Waals surface area (Å²) in [4.78, 5) is 0. The van der Waals surface area contributed by atoms with Gasteiger partial charge >= 0.3 is 0 Å². The van der Waals surface area contributed by atoms with Gasteiger partial charge in [0.1, 0.15) is 73.2 Å².